The maximum absolute atomic E-state index is 13.9. The van der Waals surface area contributed by atoms with Crippen molar-refractivity contribution >= 4 is 21.6 Å². The number of ether oxygens (including phenoxy) is 2. The second-order valence-electron chi connectivity index (χ2n) is 9.29. The molecule has 0 unspecified atom stereocenters. The molecular weight excluding hydrogens is 518 g/mol. The van der Waals surface area contributed by atoms with E-state index in [-0.39, 0.29) is 36.3 Å². The molecule has 4 atom stereocenters. The van der Waals surface area contributed by atoms with Crippen molar-refractivity contribution in [3.63, 3.8) is 0 Å². The zero-order valence-corrected chi connectivity index (χ0v) is 21.0. The van der Waals surface area contributed by atoms with Gasteiger partial charge in [-0.3, -0.25) is 9.52 Å². The molecule has 200 valence electrons. The topological polar surface area (TPSA) is 114 Å². The van der Waals surface area contributed by atoms with Crippen molar-refractivity contribution in [3.8, 4) is 5.75 Å². The number of sulfonamides is 1. The molecule has 3 aromatic rings. The van der Waals surface area contributed by atoms with E-state index in [4.69, 9.17) is 9.47 Å². The first kappa shape index (κ1) is 26.1. The summed E-state index contributed by atoms with van der Waals surface area (Å²) in [5.41, 5.74) is 1.39. The minimum atomic E-state index is -3.95. The molecule has 3 N–H and O–H groups in total. The highest BCUT2D eigenvalue weighted by atomic mass is 32.2. The smallest absolute Gasteiger partial charge is 0.261 e. The summed E-state index contributed by atoms with van der Waals surface area (Å²) >= 11 is 0. The summed E-state index contributed by atoms with van der Waals surface area (Å²) in [7, 11) is -3.95. The molecule has 8 nitrogen and oxygen atoms in total. The van der Waals surface area contributed by atoms with Gasteiger partial charge >= 0.3 is 0 Å². The Bertz CT molecular complexity index is 1430. The van der Waals surface area contributed by atoms with Gasteiger partial charge in [-0.2, -0.15) is 0 Å². The van der Waals surface area contributed by atoms with Gasteiger partial charge in [0.15, 0.2) is 0 Å². The lowest BCUT2D eigenvalue weighted by Gasteiger charge is -2.37. The highest BCUT2D eigenvalue weighted by Gasteiger charge is 2.46. The number of carbonyl (C=O) groups excluding carboxylic acids is 1. The van der Waals surface area contributed by atoms with Crippen LogP contribution in [0.1, 0.15) is 29.9 Å². The summed E-state index contributed by atoms with van der Waals surface area (Å²) in [5.74, 6) is -0.992. The number of rotatable bonds is 8. The third-order valence-corrected chi connectivity index (χ3v) is 8.12. The number of halogens is 2. The first-order chi connectivity index (χ1) is 18.2. The quantitative estimate of drug-likeness (QED) is 0.400. The molecule has 3 aromatic carbocycles. The Labute approximate surface area is 218 Å². The highest BCUT2D eigenvalue weighted by Crippen LogP contribution is 2.47. The average molecular weight is 545 g/mol. The predicted octanol–water partition coefficient (Wildman–Crippen LogP) is 3.47. The molecule has 2 aliphatic heterocycles. The summed E-state index contributed by atoms with van der Waals surface area (Å²) in [5, 5.41) is 12.6. The predicted molar refractivity (Wildman–Crippen MR) is 134 cm³/mol. The lowest BCUT2D eigenvalue weighted by Crippen LogP contribution is -2.47. The maximum Gasteiger partial charge on any atom is 0.261 e. The van der Waals surface area contributed by atoms with Gasteiger partial charge in [-0.25, -0.2) is 17.2 Å². The van der Waals surface area contributed by atoms with Crippen LogP contribution in [-0.4, -0.2) is 44.4 Å². The van der Waals surface area contributed by atoms with Crippen molar-refractivity contribution in [2.75, 3.05) is 11.3 Å². The third-order valence-electron chi connectivity index (χ3n) is 6.72. The number of carbonyl (C=O) groups is 1. The van der Waals surface area contributed by atoms with E-state index in [1.54, 1.807) is 36.4 Å². The fourth-order valence-electron chi connectivity index (χ4n) is 4.89. The lowest BCUT2D eigenvalue weighted by atomic mass is 9.84. The minimum Gasteiger partial charge on any atom is -0.487 e. The Kier molecular flexibility index (Phi) is 7.33. The van der Waals surface area contributed by atoms with E-state index >= 15 is 0 Å². The van der Waals surface area contributed by atoms with Crippen molar-refractivity contribution in [1.82, 2.24) is 5.32 Å². The van der Waals surface area contributed by atoms with Gasteiger partial charge in [0.05, 0.1) is 24.0 Å². The third kappa shape index (κ3) is 5.50. The number of hydrogen-bond donors (Lipinski definition) is 3. The number of benzene rings is 3. The molecule has 0 saturated carbocycles. The van der Waals surface area contributed by atoms with Gasteiger partial charge in [0.25, 0.3) is 10.0 Å². The van der Waals surface area contributed by atoms with Gasteiger partial charge in [-0.1, -0.05) is 18.2 Å². The fourth-order valence-corrected chi connectivity index (χ4v) is 5.94. The monoisotopic (exact) mass is 544 g/mol. The Balaban J connectivity index is 1.29. The Hall–Kier alpha value is -3.54. The molecule has 11 heteroatoms. The number of aliphatic hydroxyl groups excluding tert-OH is 1. The van der Waals surface area contributed by atoms with Gasteiger partial charge in [0.2, 0.25) is 5.91 Å². The van der Waals surface area contributed by atoms with Crippen LogP contribution >= 0.6 is 0 Å². The molecule has 5 rings (SSSR count). The first-order valence-corrected chi connectivity index (χ1v) is 13.6. The molecule has 2 aliphatic rings. The molecule has 0 aromatic heterocycles. The van der Waals surface area contributed by atoms with E-state index in [0.29, 0.717) is 23.4 Å². The molecule has 2 heterocycles. The standard InChI is InChI=1S/C27H26F2N2O6S/c28-17-5-8-20(9-6-17)38(34,35)31-18-7-10-24-21(11-18)22-12-19(36-25(15-32)27(22)37-24)13-26(33)30-14-16-3-1-2-4-23(16)29/h1-11,19,22,25,27,31-32H,12-15H2,(H,30,33)/t19-,22-,25+,27+/m0/s1. The molecular formula is C27H26F2N2O6S. The molecule has 0 radical (unpaired) electrons. The average Bonchev–Trinajstić information content (AvgIpc) is 3.25. The fraction of sp³-hybridized carbons (Fsp3) is 0.296. The number of amides is 1. The van der Waals surface area contributed by atoms with Gasteiger partial charge in [-0.05, 0) is 55.0 Å². The van der Waals surface area contributed by atoms with Gasteiger partial charge in [0, 0.05) is 29.3 Å². The highest BCUT2D eigenvalue weighted by molar-refractivity contribution is 7.92. The van der Waals surface area contributed by atoms with Gasteiger partial charge in [0.1, 0.15) is 29.6 Å². The van der Waals surface area contributed by atoms with Crippen LogP contribution in [0, 0.1) is 11.6 Å². The zero-order valence-electron chi connectivity index (χ0n) is 20.1. The summed E-state index contributed by atoms with van der Waals surface area (Å²) < 4.78 is 67.1. The SMILES string of the molecule is O=C(C[C@@H]1C[C@H]2c3cc(NS(=O)(=O)c4ccc(F)cc4)ccc3O[C@H]2[C@@H](CO)O1)NCc1ccccc1F. The largest absolute Gasteiger partial charge is 0.487 e. The van der Waals surface area contributed by atoms with E-state index in [0.717, 1.165) is 17.7 Å². The van der Waals surface area contributed by atoms with Crippen molar-refractivity contribution < 1.29 is 36.6 Å². The molecule has 0 aliphatic carbocycles. The Morgan fingerprint density at radius 2 is 1.82 bits per heavy atom. The van der Waals surface area contributed by atoms with Crippen molar-refractivity contribution in [2.45, 2.75) is 48.5 Å². The van der Waals surface area contributed by atoms with Crippen molar-refractivity contribution in [2.24, 2.45) is 0 Å². The summed E-state index contributed by atoms with van der Waals surface area (Å²) in [6, 6.07) is 15.5. The van der Waals surface area contributed by atoms with Crippen molar-refractivity contribution in [1.29, 1.82) is 0 Å². The minimum absolute atomic E-state index is 0.000390. The lowest BCUT2D eigenvalue weighted by molar-refractivity contribution is -0.142. The second-order valence-corrected chi connectivity index (χ2v) is 11.0. The van der Waals surface area contributed by atoms with Crippen LogP contribution in [0.2, 0.25) is 0 Å². The van der Waals surface area contributed by atoms with E-state index < -0.39 is 40.0 Å². The molecule has 38 heavy (non-hydrogen) atoms. The number of hydrogen-bond acceptors (Lipinski definition) is 6. The van der Waals surface area contributed by atoms with Gasteiger partial charge < -0.3 is 19.9 Å². The Morgan fingerprint density at radius 3 is 2.55 bits per heavy atom. The maximum atomic E-state index is 13.9. The molecule has 0 bridgehead atoms. The van der Waals surface area contributed by atoms with Gasteiger partial charge in [-0.15, -0.1) is 0 Å². The van der Waals surface area contributed by atoms with E-state index in [1.807, 2.05) is 0 Å². The molecule has 1 fully saturated rings. The summed E-state index contributed by atoms with van der Waals surface area (Å²) in [6.07, 6.45) is -1.33. The van der Waals surface area contributed by atoms with Crippen LogP contribution in [0.15, 0.2) is 71.6 Å². The molecule has 1 saturated heterocycles. The number of fused-ring (bicyclic) bond motifs is 3. The van der Waals surface area contributed by atoms with Crippen LogP contribution in [0.25, 0.3) is 0 Å². The summed E-state index contributed by atoms with van der Waals surface area (Å²) in [6.45, 7) is -0.288. The molecule has 1 amide bonds. The summed E-state index contributed by atoms with van der Waals surface area (Å²) in [4.78, 5) is 12.5. The number of aliphatic hydroxyl groups is 1. The van der Waals surface area contributed by atoms with Crippen LogP contribution in [0.5, 0.6) is 5.75 Å². The normalized spacial score (nSPS) is 22.2. The van der Waals surface area contributed by atoms with Crippen LogP contribution in [0.3, 0.4) is 0 Å². The second kappa shape index (κ2) is 10.7. The number of nitrogens with one attached hydrogen (secondary N) is 2. The van der Waals surface area contributed by atoms with E-state index in [1.165, 1.54) is 18.2 Å². The van der Waals surface area contributed by atoms with Crippen LogP contribution < -0.4 is 14.8 Å². The van der Waals surface area contributed by atoms with E-state index in [2.05, 4.69) is 10.0 Å². The Morgan fingerprint density at radius 1 is 1.05 bits per heavy atom. The zero-order chi connectivity index (χ0) is 26.9. The van der Waals surface area contributed by atoms with E-state index in [9.17, 15) is 27.1 Å². The van der Waals surface area contributed by atoms with Crippen molar-refractivity contribution in [3.05, 3.63) is 89.5 Å². The number of anilines is 1. The van der Waals surface area contributed by atoms with Crippen LogP contribution in [0.4, 0.5) is 14.5 Å². The molecule has 0 spiro atoms. The van der Waals surface area contributed by atoms with Crippen LogP contribution in [-0.2, 0) is 26.1 Å². The first-order valence-electron chi connectivity index (χ1n) is 12.1.